The molecule has 0 radical (unpaired) electrons. The normalized spacial score (nSPS) is 10.5. The Balaban J connectivity index is 1.46. The molecule has 1 aromatic heterocycles. The smallest absolute Gasteiger partial charge is 0.290 e. The van der Waals surface area contributed by atoms with Crippen molar-refractivity contribution in [3.05, 3.63) is 105 Å². The minimum atomic E-state index is -0.676. The second-order valence-corrected chi connectivity index (χ2v) is 7.20. The zero-order valence-corrected chi connectivity index (χ0v) is 17.3. The van der Waals surface area contributed by atoms with Crippen molar-refractivity contribution in [1.82, 2.24) is 21.0 Å². The van der Waals surface area contributed by atoms with Gasteiger partial charge in [0, 0.05) is 10.4 Å². The van der Waals surface area contributed by atoms with E-state index in [0.717, 1.165) is 5.56 Å². The highest BCUT2D eigenvalue weighted by molar-refractivity contribution is 6.30. The number of hydrogen-bond donors (Lipinski definition) is 3. The number of carbonyl (C=O) groups is 2. The molecule has 1 heterocycles. The van der Waals surface area contributed by atoms with Crippen molar-refractivity contribution in [2.75, 3.05) is 0 Å². The maximum atomic E-state index is 12.7. The lowest BCUT2D eigenvalue weighted by molar-refractivity contribution is 0.0842. The Labute approximate surface area is 187 Å². The first-order valence-corrected chi connectivity index (χ1v) is 9.95. The van der Waals surface area contributed by atoms with E-state index in [4.69, 9.17) is 16.3 Å². The number of hydrazine groups is 1. The lowest BCUT2D eigenvalue weighted by Gasteiger charge is -2.12. The molecule has 0 aliphatic heterocycles. The number of nitrogens with zero attached hydrogens (tertiary/aromatic N) is 1. The van der Waals surface area contributed by atoms with Gasteiger partial charge in [0.2, 0.25) is 0 Å². The Kier molecular flexibility index (Phi) is 6.14. The molecule has 0 spiro atoms. The Morgan fingerprint density at radius 2 is 1.53 bits per heavy atom. The van der Waals surface area contributed by atoms with Crippen LogP contribution in [0.4, 0.5) is 0 Å². The number of fused-ring (bicyclic) bond motifs is 1. The summed E-state index contributed by atoms with van der Waals surface area (Å²) < 4.78 is 5.78. The first-order valence-electron chi connectivity index (χ1n) is 9.57. The molecule has 160 valence electrons. The molecule has 3 aromatic carbocycles. The molecule has 0 atom stereocenters. The van der Waals surface area contributed by atoms with Crippen molar-refractivity contribution in [1.29, 1.82) is 0 Å². The van der Waals surface area contributed by atoms with Gasteiger partial charge in [0.25, 0.3) is 17.4 Å². The predicted octanol–water partition coefficient (Wildman–Crippen LogP) is 3.23. The summed E-state index contributed by atoms with van der Waals surface area (Å²) in [5.41, 5.74) is 5.37. The number of amides is 2. The van der Waals surface area contributed by atoms with E-state index in [-0.39, 0.29) is 17.9 Å². The lowest BCUT2D eigenvalue weighted by Crippen LogP contribution is -2.42. The highest BCUT2D eigenvalue weighted by atomic mass is 35.5. The number of para-hydroxylation sites is 1. The molecule has 0 aliphatic rings. The summed E-state index contributed by atoms with van der Waals surface area (Å²) in [5, 5.41) is 7.40. The first kappa shape index (κ1) is 21.1. The SMILES string of the molecule is O=C(NNC(=O)c1n[nH]c(=O)c2ccccc12)c1ccccc1OCc1ccc(Cl)cc1. The van der Waals surface area contributed by atoms with Gasteiger partial charge in [-0.2, -0.15) is 5.10 Å². The van der Waals surface area contributed by atoms with Crippen LogP contribution in [-0.2, 0) is 6.61 Å². The lowest BCUT2D eigenvalue weighted by atomic mass is 10.1. The van der Waals surface area contributed by atoms with E-state index >= 15 is 0 Å². The number of aromatic nitrogens is 2. The minimum Gasteiger partial charge on any atom is -0.488 e. The molecule has 0 bridgehead atoms. The number of benzene rings is 3. The van der Waals surface area contributed by atoms with Crippen LogP contribution in [0.5, 0.6) is 5.75 Å². The third-order valence-corrected chi connectivity index (χ3v) is 4.89. The zero-order chi connectivity index (χ0) is 22.5. The summed E-state index contributed by atoms with van der Waals surface area (Å²) in [7, 11) is 0. The van der Waals surface area contributed by atoms with Crippen molar-refractivity contribution in [2.45, 2.75) is 6.61 Å². The number of H-pyrrole nitrogens is 1. The van der Waals surface area contributed by atoms with Gasteiger partial charge in [-0.05, 0) is 35.9 Å². The first-order chi connectivity index (χ1) is 15.5. The number of nitrogens with one attached hydrogen (secondary N) is 3. The number of aromatic amines is 1. The summed E-state index contributed by atoms with van der Waals surface area (Å²) in [4.78, 5) is 37.1. The quantitative estimate of drug-likeness (QED) is 0.406. The molecular weight excluding hydrogens is 432 g/mol. The van der Waals surface area contributed by atoms with Crippen LogP contribution in [0.2, 0.25) is 5.02 Å². The average molecular weight is 449 g/mol. The van der Waals surface area contributed by atoms with E-state index in [9.17, 15) is 14.4 Å². The largest absolute Gasteiger partial charge is 0.488 e. The predicted molar refractivity (Wildman–Crippen MR) is 120 cm³/mol. The molecule has 4 rings (SSSR count). The van der Waals surface area contributed by atoms with Gasteiger partial charge in [0.05, 0.1) is 10.9 Å². The van der Waals surface area contributed by atoms with E-state index in [1.807, 2.05) is 12.1 Å². The third-order valence-electron chi connectivity index (χ3n) is 4.64. The van der Waals surface area contributed by atoms with Crippen molar-refractivity contribution in [3.8, 4) is 5.75 Å². The Bertz CT molecular complexity index is 1350. The van der Waals surface area contributed by atoms with Crippen molar-refractivity contribution in [2.24, 2.45) is 0 Å². The van der Waals surface area contributed by atoms with E-state index in [0.29, 0.717) is 21.5 Å². The van der Waals surface area contributed by atoms with Gasteiger partial charge in [-0.15, -0.1) is 0 Å². The van der Waals surface area contributed by atoms with E-state index in [1.165, 1.54) is 0 Å². The summed E-state index contributed by atoms with van der Waals surface area (Å²) in [6, 6.07) is 20.4. The Morgan fingerprint density at radius 1 is 0.875 bits per heavy atom. The van der Waals surface area contributed by atoms with Crippen molar-refractivity contribution < 1.29 is 14.3 Å². The molecule has 2 amide bonds. The molecular formula is C23H17ClN4O4. The number of ether oxygens (including phenoxy) is 1. The monoisotopic (exact) mass is 448 g/mol. The summed E-state index contributed by atoms with van der Waals surface area (Å²) in [6.07, 6.45) is 0. The van der Waals surface area contributed by atoms with Crippen molar-refractivity contribution in [3.63, 3.8) is 0 Å². The molecule has 0 saturated heterocycles. The Morgan fingerprint density at radius 3 is 2.31 bits per heavy atom. The maximum Gasteiger partial charge on any atom is 0.290 e. The van der Waals surface area contributed by atoms with Gasteiger partial charge in [-0.1, -0.05) is 54.1 Å². The molecule has 0 aliphatic carbocycles. The minimum absolute atomic E-state index is 0.0206. The fourth-order valence-corrected chi connectivity index (χ4v) is 3.18. The highest BCUT2D eigenvalue weighted by Gasteiger charge is 2.17. The topological polar surface area (TPSA) is 113 Å². The molecule has 3 N–H and O–H groups in total. The fraction of sp³-hybridized carbons (Fsp3) is 0.0435. The summed E-state index contributed by atoms with van der Waals surface area (Å²) >= 11 is 5.89. The van der Waals surface area contributed by atoms with Gasteiger partial charge < -0.3 is 4.74 Å². The van der Waals surface area contributed by atoms with Gasteiger partial charge in [0.15, 0.2) is 5.69 Å². The van der Waals surface area contributed by atoms with Gasteiger partial charge >= 0.3 is 0 Å². The molecule has 9 heteroatoms. The number of rotatable bonds is 5. The molecule has 4 aromatic rings. The molecule has 0 fully saturated rings. The van der Waals surface area contributed by atoms with Gasteiger partial charge in [-0.3, -0.25) is 25.2 Å². The van der Waals surface area contributed by atoms with E-state index < -0.39 is 17.4 Å². The van der Waals surface area contributed by atoms with Crippen LogP contribution in [0.1, 0.15) is 26.4 Å². The highest BCUT2D eigenvalue weighted by Crippen LogP contribution is 2.20. The maximum absolute atomic E-state index is 12.7. The van der Waals surface area contributed by atoms with Crippen LogP contribution in [0.15, 0.2) is 77.6 Å². The Hall–Kier alpha value is -4.17. The standard InChI is InChI=1S/C23H17ClN4O4/c24-15-11-9-14(10-12-15)13-32-19-8-4-3-7-18(19)22(30)27-28-23(31)20-16-5-1-2-6-17(16)21(29)26-25-20/h1-12H,13H2,(H,26,29)(H,27,30)(H,28,31). The second-order valence-electron chi connectivity index (χ2n) is 6.77. The van der Waals surface area contributed by atoms with Crippen molar-refractivity contribution >= 4 is 34.2 Å². The third kappa shape index (κ3) is 4.60. The summed E-state index contributed by atoms with van der Waals surface area (Å²) in [6.45, 7) is 0.237. The molecule has 0 unspecified atom stereocenters. The molecule has 8 nitrogen and oxygen atoms in total. The van der Waals surface area contributed by atoms with Crippen LogP contribution in [0.3, 0.4) is 0 Å². The van der Waals surface area contributed by atoms with E-state index in [2.05, 4.69) is 21.0 Å². The van der Waals surface area contributed by atoms with Crippen LogP contribution in [0.25, 0.3) is 10.8 Å². The number of halogens is 1. The van der Waals surface area contributed by atoms with Crippen LogP contribution in [-0.4, -0.2) is 22.0 Å². The second kappa shape index (κ2) is 9.32. The fourth-order valence-electron chi connectivity index (χ4n) is 3.05. The van der Waals surface area contributed by atoms with Crippen LogP contribution < -0.4 is 21.1 Å². The zero-order valence-electron chi connectivity index (χ0n) is 16.6. The summed E-state index contributed by atoms with van der Waals surface area (Å²) in [5.74, 6) is -0.897. The molecule has 32 heavy (non-hydrogen) atoms. The van der Waals surface area contributed by atoms with Gasteiger partial charge in [-0.25, -0.2) is 5.10 Å². The van der Waals surface area contributed by atoms with Gasteiger partial charge in [0.1, 0.15) is 12.4 Å². The number of hydrogen-bond acceptors (Lipinski definition) is 5. The molecule has 0 saturated carbocycles. The average Bonchev–Trinajstić information content (AvgIpc) is 2.82. The van der Waals surface area contributed by atoms with E-state index in [1.54, 1.807) is 60.7 Å². The number of carbonyl (C=O) groups excluding carboxylic acids is 2. The van der Waals surface area contributed by atoms with Crippen LogP contribution in [0, 0.1) is 0 Å². The van der Waals surface area contributed by atoms with Crippen LogP contribution >= 0.6 is 11.6 Å².